The van der Waals surface area contributed by atoms with Gasteiger partial charge in [0.1, 0.15) is 11.6 Å². The van der Waals surface area contributed by atoms with E-state index < -0.39 is 5.41 Å². The topological polar surface area (TPSA) is 34.1 Å². The number of hydrogen-bond donors (Lipinski definition) is 0. The molecule has 2 saturated carbocycles. The summed E-state index contributed by atoms with van der Waals surface area (Å²) in [4.78, 5) is 23.6. The number of ketones is 2. The highest BCUT2D eigenvalue weighted by Gasteiger charge is 2.51. The maximum Gasteiger partial charge on any atom is 0.149 e. The number of carbonyl (C=O) groups is 2. The van der Waals surface area contributed by atoms with Crippen LogP contribution in [0.15, 0.2) is 0 Å². The van der Waals surface area contributed by atoms with Crippen LogP contribution in [0.4, 0.5) is 0 Å². The molecule has 0 bridgehead atoms. The number of Topliss-reactive ketones (excluding diaryl/α,β-unsaturated/α-hetero) is 2. The molecule has 2 heteroatoms. The lowest BCUT2D eigenvalue weighted by Crippen LogP contribution is -2.39. The smallest absolute Gasteiger partial charge is 0.149 e. The Morgan fingerprint density at radius 3 is 2.54 bits per heavy atom. The third kappa shape index (κ3) is 1.15. The van der Waals surface area contributed by atoms with E-state index in [0.717, 1.165) is 32.1 Å². The molecule has 2 atom stereocenters. The highest BCUT2D eigenvalue weighted by Crippen LogP contribution is 2.46. The van der Waals surface area contributed by atoms with Crippen LogP contribution in [0.25, 0.3) is 0 Å². The summed E-state index contributed by atoms with van der Waals surface area (Å²) in [5, 5.41) is 0. The standard InChI is InChI=1S/C11H16O2/c1-8-5-7-11(10(8)13)6-3-2-4-9(11)12/h8H,2-7H2,1H3/t8-,11+/m0/s1. The molecule has 2 aliphatic carbocycles. The van der Waals surface area contributed by atoms with Gasteiger partial charge in [0, 0.05) is 12.3 Å². The summed E-state index contributed by atoms with van der Waals surface area (Å²) < 4.78 is 0. The molecule has 0 amide bonds. The minimum absolute atomic E-state index is 0.127. The molecule has 2 fully saturated rings. The summed E-state index contributed by atoms with van der Waals surface area (Å²) in [5.41, 5.74) is -0.516. The molecular formula is C11H16O2. The van der Waals surface area contributed by atoms with Gasteiger partial charge in [-0.25, -0.2) is 0 Å². The lowest BCUT2D eigenvalue weighted by molar-refractivity contribution is -0.142. The molecule has 0 aromatic carbocycles. The average molecular weight is 180 g/mol. The quantitative estimate of drug-likeness (QED) is 0.535. The van der Waals surface area contributed by atoms with Crippen molar-refractivity contribution in [2.45, 2.75) is 45.4 Å². The summed E-state index contributed by atoms with van der Waals surface area (Å²) in [5.74, 6) is 0.590. The van der Waals surface area contributed by atoms with Crippen LogP contribution in [0.1, 0.15) is 45.4 Å². The van der Waals surface area contributed by atoms with Gasteiger partial charge in [-0.15, -0.1) is 0 Å². The van der Waals surface area contributed by atoms with E-state index >= 15 is 0 Å². The molecule has 0 N–H and O–H groups in total. The molecule has 1 spiro atoms. The van der Waals surface area contributed by atoms with Crippen molar-refractivity contribution in [3.63, 3.8) is 0 Å². The van der Waals surface area contributed by atoms with Crippen LogP contribution in [0.5, 0.6) is 0 Å². The average Bonchev–Trinajstić information content (AvgIpc) is 2.40. The molecule has 0 heterocycles. The molecule has 0 aliphatic heterocycles. The second-order valence-electron chi connectivity index (χ2n) is 4.52. The van der Waals surface area contributed by atoms with Gasteiger partial charge in [-0.3, -0.25) is 9.59 Å². The van der Waals surface area contributed by atoms with Crippen LogP contribution in [0.3, 0.4) is 0 Å². The largest absolute Gasteiger partial charge is 0.299 e. The van der Waals surface area contributed by atoms with E-state index in [1.54, 1.807) is 0 Å². The van der Waals surface area contributed by atoms with Crippen LogP contribution in [0, 0.1) is 11.3 Å². The van der Waals surface area contributed by atoms with Gasteiger partial charge in [-0.2, -0.15) is 0 Å². The Balaban J connectivity index is 2.28. The van der Waals surface area contributed by atoms with Crippen molar-refractivity contribution < 1.29 is 9.59 Å². The normalized spacial score (nSPS) is 40.2. The molecule has 0 aromatic rings. The summed E-state index contributed by atoms with van der Waals surface area (Å²) >= 11 is 0. The van der Waals surface area contributed by atoms with Crippen LogP contribution >= 0.6 is 0 Å². The lowest BCUT2D eigenvalue weighted by atomic mass is 9.71. The van der Waals surface area contributed by atoms with Gasteiger partial charge < -0.3 is 0 Å². The molecule has 2 aliphatic rings. The highest BCUT2D eigenvalue weighted by atomic mass is 16.2. The van der Waals surface area contributed by atoms with Crippen LogP contribution in [-0.2, 0) is 9.59 Å². The van der Waals surface area contributed by atoms with Crippen LogP contribution in [-0.4, -0.2) is 11.6 Å². The first kappa shape index (κ1) is 8.92. The van der Waals surface area contributed by atoms with Gasteiger partial charge in [0.25, 0.3) is 0 Å². The van der Waals surface area contributed by atoms with E-state index in [-0.39, 0.29) is 17.5 Å². The first-order chi connectivity index (χ1) is 6.17. The molecule has 2 rings (SSSR count). The number of carbonyl (C=O) groups excluding carboxylic acids is 2. The van der Waals surface area contributed by atoms with E-state index in [0.29, 0.717) is 6.42 Å². The zero-order chi connectivity index (χ0) is 9.47. The predicted molar refractivity (Wildman–Crippen MR) is 49.3 cm³/mol. The molecule has 0 unspecified atom stereocenters. The highest BCUT2D eigenvalue weighted by molar-refractivity contribution is 6.09. The zero-order valence-electron chi connectivity index (χ0n) is 8.14. The fourth-order valence-electron chi connectivity index (χ4n) is 2.80. The number of rotatable bonds is 0. The van der Waals surface area contributed by atoms with Crippen molar-refractivity contribution >= 4 is 11.6 Å². The maximum atomic E-state index is 11.9. The molecule has 0 radical (unpaired) electrons. The van der Waals surface area contributed by atoms with Crippen molar-refractivity contribution in [1.29, 1.82) is 0 Å². The summed E-state index contributed by atoms with van der Waals surface area (Å²) in [6, 6.07) is 0. The Labute approximate surface area is 78.7 Å². The van der Waals surface area contributed by atoms with Crippen molar-refractivity contribution in [2.75, 3.05) is 0 Å². The third-order valence-electron chi connectivity index (χ3n) is 3.71. The SMILES string of the molecule is C[C@H]1CC[C@@]2(CCCCC2=O)C1=O. The Morgan fingerprint density at radius 2 is 2.00 bits per heavy atom. The van der Waals surface area contributed by atoms with Gasteiger partial charge >= 0.3 is 0 Å². The predicted octanol–water partition coefficient (Wildman–Crippen LogP) is 2.11. The molecule has 2 nitrogen and oxygen atoms in total. The van der Waals surface area contributed by atoms with E-state index in [4.69, 9.17) is 0 Å². The Morgan fingerprint density at radius 1 is 1.23 bits per heavy atom. The van der Waals surface area contributed by atoms with Crippen molar-refractivity contribution in [2.24, 2.45) is 11.3 Å². The second-order valence-corrected chi connectivity index (χ2v) is 4.52. The molecule has 13 heavy (non-hydrogen) atoms. The summed E-state index contributed by atoms with van der Waals surface area (Å²) in [6.45, 7) is 1.96. The third-order valence-corrected chi connectivity index (χ3v) is 3.71. The zero-order valence-corrected chi connectivity index (χ0v) is 8.14. The summed E-state index contributed by atoms with van der Waals surface area (Å²) in [6.07, 6.45) is 5.26. The molecular weight excluding hydrogens is 164 g/mol. The Kier molecular flexibility index (Phi) is 2.01. The van der Waals surface area contributed by atoms with Crippen LogP contribution in [0.2, 0.25) is 0 Å². The van der Waals surface area contributed by atoms with Crippen molar-refractivity contribution in [3.05, 3.63) is 0 Å². The van der Waals surface area contributed by atoms with E-state index in [2.05, 4.69) is 0 Å². The maximum absolute atomic E-state index is 11.9. The van der Waals surface area contributed by atoms with Gasteiger partial charge in [-0.05, 0) is 25.7 Å². The fourth-order valence-corrected chi connectivity index (χ4v) is 2.80. The van der Waals surface area contributed by atoms with Crippen molar-refractivity contribution in [3.8, 4) is 0 Å². The van der Waals surface area contributed by atoms with Gasteiger partial charge in [0.15, 0.2) is 0 Å². The van der Waals surface area contributed by atoms with Gasteiger partial charge in [0.2, 0.25) is 0 Å². The fraction of sp³-hybridized carbons (Fsp3) is 0.818. The first-order valence-corrected chi connectivity index (χ1v) is 5.24. The van der Waals surface area contributed by atoms with Gasteiger partial charge in [0.05, 0.1) is 5.41 Å². The van der Waals surface area contributed by atoms with Crippen molar-refractivity contribution in [1.82, 2.24) is 0 Å². The Hall–Kier alpha value is -0.660. The second kappa shape index (κ2) is 2.93. The molecule has 0 saturated heterocycles. The van der Waals surface area contributed by atoms with Gasteiger partial charge in [-0.1, -0.05) is 13.3 Å². The Bertz CT molecular complexity index is 253. The van der Waals surface area contributed by atoms with E-state index in [1.807, 2.05) is 6.92 Å². The first-order valence-electron chi connectivity index (χ1n) is 5.24. The van der Waals surface area contributed by atoms with E-state index in [9.17, 15) is 9.59 Å². The van der Waals surface area contributed by atoms with Crippen LogP contribution < -0.4 is 0 Å². The minimum Gasteiger partial charge on any atom is -0.299 e. The van der Waals surface area contributed by atoms with E-state index in [1.165, 1.54) is 0 Å². The molecule has 72 valence electrons. The molecule has 0 aromatic heterocycles. The minimum atomic E-state index is -0.516. The monoisotopic (exact) mass is 180 g/mol. The number of hydrogen-bond acceptors (Lipinski definition) is 2. The lowest BCUT2D eigenvalue weighted by Gasteiger charge is -2.30. The summed E-state index contributed by atoms with van der Waals surface area (Å²) in [7, 11) is 0.